The van der Waals surface area contributed by atoms with Gasteiger partial charge < -0.3 is 16.8 Å². The average molecular weight is 180 g/mol. The Hall–Kier alpha value is -1.29. The highest BCUT2D eigenvalue weighted by Gasteiger charge is 2.14. The molecule has 1 aromatic rings. The zero-order valence-electron chi connectivity index (χ0n) is 8.04. The number of pyridine rings is 1. The minimum absolute atomic E-state index is 0.136. The van der Waals surface area contributed by atoms with Crippen molar-refractivity contribution in [3.8, 4) is 0 Å². The van der Waals surface area contributed by atoms with Crippen LogP contribution < -0.4 is 16.8 Å². The van der Waals surface area contributed by atoms with E-state index in [1.165, 1.54) is 0 Å². The number of nitrogens with two attached hydrogens (primary N) is 2. The molecule has 0 unspecified atom stereocenters. The third kappa shape index (κ3) is 2.91. The van der Waals surface area contributed by atoms with Gasteiger partial charge in [-0.05, 0) is 26.0 Å². The third-order valence-corrected chi connectivity index (χ3v) is 1.76. The van der Waals surface area contributed by atoms with E-state index < -0.39 is 0 Å². The summed E-state index contributed by atoms with van der Waals surface area (Å²) >= 11 is 0. The fourth-order valence-corrected chi connectivity index (χ4v) is 0.877. The molecule has 0 fully saturated rings. The van der Waals surface area contributed by atoms with Crippen LogP contribution in [-0.2, 0) is 0 Å². The van der Waals surface area contributed by atoms with Crippen molar-refractivity contribution in [2.24, 2.45) is 5.73 Å². The summed E-state index contributed by atoms with van der Waals surface area (Å²) in [5.74, 6) is 0.796. The van der Waals surface area contributed by atoms with Crippen LogP contribution in [0.2, 0.25) is 0 Å². The molecule has 4 heteroatoms. The first-order chi connectivity index (χ1) is 6.03. The molecule has 0 bridgehead atoms. The maximum absolute atomic E-state index is 5.57. The number of nitrogen functional groups attached to an aromatic ring is 1. The molecule has 0 aromatic carbocycles. The van der Waals surface area contributed by atoms with Crippen molar-refractivity contribution in [3.05, 3.63) is 18.3 Å². The molecule has 4 nitrogen and oxygen atoms in total. The Balaban J connectivity index is 2.69. The van der Waals surface area contributed by atoms with Crippen molar-refractivity contribution in [3.63, 3.8) is 0 Å². The van der Waals surface area contributed by atoms with Crippen molar-refractivity contribution in [1.29, 1.82) is 0 Å². The lowest BCUT2D eigenvalue weighted by Crippen LogP contribution is -2.39. The number of nitrogens with zero attached hydrogens (tertiary/aromatic N) is 1. The van der Waals surface area contributed by atoms with Crippen LogP contribution in [-0.4, -0.2) is 17.1 Å². The molecular weight excluding hydrogens is 164 g/mol. The quantitative estimate of drug-likeness (QED) is 0.643. The average Bonchev–Trinajstić information content (AvgIpc) is 2.09. The van der Waals surface area contributed by atoms with Crippen LogP contribution in [0.4, 0.5) is 11.5 Å². The summed E-state index contributed by atoms with van der Waals surface area (Å²) in [5, 5.41) is 3.20. The Bertz CT molecular complexity index is 265. The van der Waals surface area contributed by atoms with Crippen LogP contribution in [0.3, 0.4) is 0 Å². The van der Waals surface area contributed by atoms with Crippen molar-refractivity contribution >= 4 is 11.5 Å². The Kier molecular flexibility index (Phi) is 2.72. The first-order valence-electron chi connectivity index (χ1n) is 4.23. The van der Waals surface area contributed by atoms with E-state index in [0.29, 0.717) is 12.2 Å². The summed E-state index contributed by atoms with van der Waals surface area (Å²) in [4.78, 5) is 4.12. The Morgan fingerprint density at radius 1 is 1.46 bits per heavy atom. The summed E-state index contributed by atoms with van der Waals surface area (Å²) in [5.41, 5.74) is 11.6. The third-order valence-electron chi connectivity index (χ3n) is 1.76. The van der Waals surface area contributed by atoms with Crippen molar-refractivity contribution < 1.29 is 0 Å². The Morgan fingerprint density at radius 2 is 2.15 bits per heavy atom. The van der Waals surface area contributed by atoms with Crippen LogP contribution in [0, 0.1) is 0 Å². The van der Waals surface area contributed by atoms with Crippen LogP contribution in [0.1, 0.15) is 13.8 Å². The highest BCUT2D eigenvalue weighted by molar-refractivity contribution is 5.45. The topological polar surface area (TPSA) is 77.0 Å². The molecule has 0 atom stereocenters. The van der Waals surface area contributed by atoms with Gasteiger partial charge in [-0.15, -0.1) is 0 Å². The number of anilines is 2. The number of hydrogen-bond donors (Lipinski definition) is 3. The van der Waals surface area contributed by atoms with Crippen LogP contribution in [0.25, 0.3) is 0 Å². The second-order valence-electron chi connectivity index (χ2n) is 3.69. The van der Waals surface area contributed by atoms with Gasteiger partial charge in [0.05, 0.1) is 11.9 Å². The van der Waals surface area contributed by atoms with Crippen molar-refractivity contribution in [2.75, 3.05) is 17.6 Å². The van der Waals surface area contributed by atoms with Gasteiger partial charge in [-0.1, -0.05) is 0 Å². The van der Waals surface area contributed by atoms with E-state index in [2.05, 4.69) is 10.3 Å². The predicted molar refractivity (Wildman–Crippen MR) is 55.4 cm³/mol. The lowest BCUT2D eigenvalue weighted by atomic mass is 10.1. The molecule has 0 aliphatic carbocycles. The van der Waals surface area contributed by atoms with Gasteiger partial charge in [-0.2, -0.15) is 0 Å². The van der Waals surface area contributed by atoms with E-state index in [4.69, 9.17) is 11.5 Å². The van der Waals surface area contributed by atoms with E-state index in [9.17, 15) is 0 Å². The Labute approximate surface area is 78.3 Å². The number of rotatable bonds is 3. The van der Waals surface area contributed by atoms with Crippen LogP contribution >= 0.6 is 0 Å². The minimum Gasteiger partial charge on any atom is -0.397 e. The van der Waals surface area contributed by atoms with E-state index in [0.717, 1.165) is 5.82 Å². The molecule has 13 heavy (non-hydrogen) atoms. The fourth-order valence-electron chi connectivity index (χ4n) is 0.877. The molecule has 0 spiro atoms. The number of aromatic nitrogens is 1. The van der Waals surface area contributed by atoms with E-state index in [1.54, 1.807) is 6.20 Å². The highest BCUT2D eigenvalue weighted by atomic mass is 15.1. The minimum atomic E-state index is -0.136. The largest absolute Gasteiger partial charge is 0.397 e. The van der Waals surface area contributed by atoms with Gasteiger partial charge in [0.1, 0.15) is 5.82 Å². The maximum Gasteiger partial charge on any atom is 0.126 e. The maximum atomic E-state index is 5.57. The van der Waals surface area contributed by atoms with Crippen molar-refractivity contribution in [2.45, 2.75) is 19.4 Å². The van der Waals surface area contributed by atoms with Gasteiger partial charge in [0, 0.05) is 12.1 Å². The molecule has 0 saturated carbocycles. The van der Waals surface area contributed by atoms with Crippen molar-refractivity contribution in [1.82, 2.24) is 4.98 Å². The molecule has 0 radical (unpaired) electrons. The second-order valence-corrected chi connectivity index (χ2v) is 3.69. The van der Waals surface area contributed by atoms with E-state index >= 15 is 0 Å². The molecule has 72 valence electrons. The highest BCUT2D eigenvalue weighted by Crippen LogP contribution is 2.12. The van der Waals surface area contributed by atoms with Crippen LogP contribution in [0.15, 0.2) is 18.3 Å². The zero-order chi connectivity index (χ0) is 9.90. The van der Waals surface area contributed by atoms with Gasteiger partial charge in [0.2, 0.25) is 0 Å². The predicted octanol–water partition coefficient (Wildman–Crippen LogP) is 0.813. The molecule has 0 amide bonds. The van der Waals surface area contributed by atoms with Gasteiger partial charge in [-0.25, -0.2) is 4.98 Å². The number of nitrogens with one attached hydrogen (secondary N) is 1. The summed E-state index contributed by atoms with van der Waals surface area (Å²) in [6.45, 7) is 4.59. The molecule has 1 rings (SSSR count). The summed E-state index contributed by atoms with van der Waals surface area (Å²) < 4.78 is 0. The van der Waals surface area contributed by atoms with Crippen LogP contribution in [0.5, 0.6) is 0 Å². The molecule has 5 N–H and O–H groups in total. The van der Waals surface area contributed by atoms with Gasteiger partial charge >= 0.3 is 0 Å². The smallest absolute Gasteiger partial charge is 0.126 e. The summed E-state index contributed by atoms with van der Waals surface area (Å²) in [6, 6.07) is 3.65. The first kappa shape index (κ1) is 9.80. The molecule has 1 heterocycles. The lowest BCUT2D eigenvalue weighted by molar-refractivity contribution is 0.577. The standard InChI is InChI=1S/C9H16N4/c1-9(2,6-10)13-8-4-3-7(11)5-12-8/h3-5H,6,10-11H2,1-2H3,(H,12,13). The van der Waals surface area contributed by atoms with E-state index in [-0.39, 0.29) is 5.54 Å². The lowest BCUT2D eigenvalue weighted by Gasteiger charge is -2.24. The van der Waals surface area contributed by atoms with Gasteiger partial charge in [0.15, 0.2) is 0 Å². The monoisotopic (exact) mass is 180 g/mol. The van der Waals surface area contributed by atoms with E-state index in [1.807, 2.05) is 26.0 Å². The molecule has 1 aromatic heterocycles. The van der Waals surface area contributed by atoms with Gasteiger partial charge in [0.25, 0.3) is 0 Å². The summed E-state index contributed by atoms with van der Waals surface area (Å²) in [7, 11) is 0. The normalized spacial score (nSPS) is 11.3. The van der Waals surface area contributed by atoms with Gasteiger partial charge in [-0.3, -0.25) is 0 Å². The molecular formula is C9H16N4. The molecule has 0 aliphatic rings. The number of hydrogen-bond acceptors (Lipinski definition) is 4. The first-order valence-corrected chi connectivity index (χ1v) is 4.23. The second kappa shape index (κ2) is 3.62. The SMILES string of the molecule is CC(C)(CN)Nc1ccc(N)cn1. The fraction of sp³-hybridized carbons (Fsp3) is 0.444. The zero-order valence-corrected chi connectivity index (χ0v) is 8.04. The summed E-state index contributed by atoms with van der Waals surface area (Å²) in [6.07, 6.45) is 1.62. The Morgan fingerprint density at radius 3 is 2.62 bits per heavy atom. The molecule has 0 aliphatic heterocycles. The molecule has 0 saturated heterocycles.